The van der Waals surface area contributed by atoms with Crippen molar-refractivity contribution >= 4 is 47.8 Å². The van der Waals surface area contributed by atoms with E-state index in [9.17, 15) is 14.7 Å². The highest BCUT2D eigenvalue weighted by molar-refractivity contribution is 7.49. The highest BCUT2D eigenvalue weighted by atomic mass is 31.2. The fourth-order valence-corrected chi connectivity index (χ4v) is 14.6. The van der Waals surface area contributed by atoms with Gasteiger partial charge in [-0.2, -0.15) is 0 Å². The van der Waals surface area contributed by atoms with Crippen molar-refractivity contribution in [1.29, 1.82) is 0 Å². The number of esters is 2. The van der Waals surface area contributed by atoms with E-state index >= 15 is 14.2 Å². The Morgan fingerprint density at radius 1 is 0.553 bits per heavy atom. The number of phosphoric acid groups is 1. The molecule has 2 aromatic rings. The summed E-state index contributed by atoms with van der Waals surface area (Å²) in [4.78, 5) is 55.9. The smallest absolute Gasteiger partial charge is 0.481 e. The van der Waals surface area contributed by atoms with Crippen molar-refractivity contribution in [3.8, 4) is 11.5 Å². The van der Waals surface area contributed by atoms with Gasteiger partial charge in [0.1, 0.15) is 43.1 Å². The summed E-state index contributed by atoms with van der Waals surface area (Å²) in [5.74, 6) is -3.23. The predicted molar refractivity (Wildman–Crippen MR) is 385 cm³/mol. The zero-order valence-electron chi connectivity index (χ0n) is 60.3. The molecule has 3 rings (SSSR count). The van der Waals surface area contributed by atoms with Crippen molar-refractivity contribution in [2.75, 3.05) is 26.6 Å². The van der Waals surface area contributed by atoms with Crippen LogP contribution in [0.25, 0.3) is 0 Å². The van der Waals surface area contributed by atoms with Gasteiger partial charge in [0.05, 0.1) is 31.3 Å². The normalized spacial score (nSPS) is 17.5. The number of carbonyl (C=O) groups excluding carboxylic acids is 3. The maximum atomic E-state index is 15.8. The van der Waals surface area contributed by atoms with Crippen LogP contribution in [0.4, 0.5) is 0 Å². The molecule has 1 saturated heterocycles. The Morgan fingerprint density at radius 2 is 0.979 bits per heavy atom. The Kier molecular flexibility index (Phi) is 46.4. The summed E-state index contributed by atoms with van der Waals surface area (Å²) in [6.45, 7) is 20.5. The zero-order valence-corrected chi connectivity index (χ0v) is 63.2. The van der Waals surface area contributed by atoms with E-state index in [1.165, 1.54) is 122 Å². The maximum Gasteiger partial charge on any atom is 0.588 e. The first-order chi connectivity index (χ1) is 45.2. The molecular formula is C75H132NO15PSi2. The molecule has 1 fully saturated rings. The molecule has 1 unspecified atom stereocenters. The van der Waals surface area contributed by atoms with E-state index in [1.54, 1.807) is 60.7 Å². The minimum absolute atomic E-state index is 0.0234. The fraction of sp³-hybridized carbons (Fsp3) is 0.787. The maximum absolute atomic E-state index is 15.8. The molecule has 1 aliphatic heterocycles. The molecule has 1 aliphatic rings. The van der Waals surface area contributed by atoms with Gasteiger partial charge in [0.15, 0.2) is 12.4 Å². The Labute approximate surface area is 572 Å². The molecule has 0 saturated carbocycles. The zero-order chi connectivity index (χ0) is 68.6. The molecule has 2 N–H and O–H groups in total. The third kappa shape index (κ3) is 42.3. The van der Waals surface area contributed by atoms with Crippen molar-refractivity contribution in [3.63, 3.8) is 0 Å². The summed E-state index contributed by atoms with van der Waals surface area (Å²) < 4.78 is 73.9. The molecule has 0 spiro atoms. The summed E-state index contributed by atoms with van der Waals surface area (Å²) >= 11 is 0. The topological polar surface area (TPSA) is 201 Å². The number of hydrogen-bond acceptors (Lipinski definition) is 14. The molecular weight excluding hydrogens is 1240 g/mol. The molecule has 1 heterocycles. The molecule has 2 aromatic carbocycles. The van der Waals surface area contributed by atoms with Crippen molar-refractivity contribution in [3.05, 3.63) is 60.7 Å². The van der Waals surface area contributed by atoms with E-state index in [1.807, 2.05) is 0 Å². The molecule has 1 amide bonds. The molecule has 16 nitrogen and oxygen atoms in total. The first-order valence-electron chi connectivity index (χ1n) is 37.4. The monoisotopic (exact) mass is 1370 g/mol. The lowest BCUT2D eigenvalue weighted by molar-refractivity contribution is -0.271. The van der Waals surface area contributed by atoms with Crippen molar-refractivity contribution < 1.29 is 70.8 Å². The van der Waals surface area contributed by atoms with Gasteiger partial charge < -0.3 is 47.9 Å². The van der Waals surface area contributed by atoms with Gasteiger partial charge in [-0.1, -0.05) is 295 Å². The van der Waals surface area contributed by atoms with Crippen molar-refractivity contribution in [1.82, 2.24) is 5.32 Å². The number of unbranched alkanes of at least 4 members (excludes halogenated alkanes) is 28. The van der Waals surface area contributed by atoms with Gasteiger partial charge in [-0.05, 0) is 55.6 Å². The second kappa shape index (κ2) is 51.5. The lowest BCUT2D eigenvalue weighted by Crippen LogP contribution is -2.66. The van der Waals surface area contributed by atoms with Crippen LogP contribution in [0.1, 0.15) is 258 Å². The Bertz CT molecular complexity index is 2240. The van der Waals surface area contributed by atoms with Crippen LogP contribution in [0, 0.1) is 5.92 Å². The van der Waals surface area contributed by atoms with Crippen LogP contribution in [0.15, 0.2) is 60.7 Å². The Hall–Kier alpha value is -3.62. The number of hydrogen-bond donors (Lipinski definition) is 2. The van der Waals surface area contributed by atoms with Crippen LogP contribution in [0.2, 0.25) is 51.4 Å². The van der Waals surface area contributed by atoms with Gasteiger partial charge in [0.25, 0.3) is 0 Å². The fourth-order valence-electron chi connectivity index (χ4n) is 11.7. The summed E-state index contributed by atoms with van der Waals surface area (Å²) in [5.41, 5.74) is 0. The predicted octanol–water partition coefficient (Wildman–Crippen LogP) is 20.5. The second-order valence-corrected chi connectivity index (χ2v) is 41.6. The molecule has 0 radical (unpaired) electrons. The number of aliphatic carboxylic acids is 1. The minimum Gasteiger partial charge on any atom is -0.481 e. The van der Waals surface area contributed by atoms with Crippen LogP contribution >= 0.6 is 7.82 Å². The lowest BCUT2D eigenvalue weighted by atomic mass is 9.92. The van der Waals surface area contributed by atoms with Gasteiger partial charge in [-0.3, -0.25) is 23.7 Å². The van der Waals surface area contributed by atoms with E-state index < -0.39 is 110 Å². The number of amides is 1. The number of carbonyl (C=O) groups is 4. The van der Waals surface area contributed by atoms with Crippen molar-refractivity contribution in [2.45, 2.75) is 346 Å². The molecule has 0 bridgehead atoms. The number of carboxylic acid groups (broad SMARTS) is 1. The van der Waals surface area contributed by atoms with Gasteiger partial charge in [0, 0.05) is 29.4 Å². The van der Waals surface area contributed by atoms with Gasteiger partial charge in [-0.25, -0.2) is 4.57 Å². The first-order valence-corrected chi connectivity index (χ1v) is 46.2. The van der Waals surface area contributed by atoms with Crippen LogP contribution in [0.5, 0.6) is 11.5 Å². The van der Waals surface area contributed by atoms with Gasteiger partial charge >= 0.3 is 25.7 Å². The Balaban J connectivity index is 2.20. The van der Waals surface area contributed by atoms with E-state index in [-0.39, 0.29) is 31.3 Å². The minimum atomic E-state index is -4.90. The summed E-state index contributed by atoms with van der Waals surface area (Å²) in [7, 11) is -8.08. The first kappa shape index (κ1) is 84.6. The summed E-state index contributed by atoms with van der Waals surface area (Å²) in [5, 5.41) is 12.8. The molecule has 0 aliphatic carbocycles. The Morgan fingerprint density at radius 3 is 1.41 bits per heavy atom. The average Bonchev–Trinajstić information content (AvgIpc) is 0.773. The number of para-hydroxylation sites is 2. The molecule has 7 atom stereocenters. The number of carboxylic acids is 1. The van der Waals surface area contributed by atoms with Crippen molar-refractivity contribution in [2.24, 2.45) is 5.92 Å². The second-order valence-electron chi connectivity index (χ2n) is 28.9. The van der Waals surface area contributed by atoms with Crippen LogP contribution in [0.3, 0.4) is 0 Å². The highest BCUT2D eigenvalue weighted by Gasteiger charge is 2.55. The SMILES string of the molecule is CCCCCCCCCCCCCCC(CCCCCCCCCCCC)C(=O)O[C@@H]1[C@@H](NC(=O)C[C@@H](CCCCCCCCCCC)OCOCC[Si](C)(C)C)[C@H](OCC[Si](C)(C)C)O[C@H](COC(=O)CCC(=O)O)[C@H]1OP(=O)(Oc1ccccc1)Oc1ccccc1. The highest BCUT2D eigenvalue weighted by Crippen LogP contribution is 2.53. The van der Waals surface area contributed by atoms with Crippen LogP contribution < -0.4 is 14.4 Å². The molecule has 0 aromatic heterocycles. The van der Waals surface area contributed by atoms with Crippen LogP contribution in [-0.2, 0) is 56.7 Å². The number of benzene rings is 2. The standard InChI is InChI=1S/C75H132NO15PSi2/c1-10-13-16-19-22-25-27-28-31-33-36-41-48-63(47-40-35-32-30-26-23-20-17-14-11-2)74(81)88-73-71(76-68(77)60-66(86-62-83-56-58-93(4,5)6)53-42-37-34-29-24-21-18-15-12-3)75(84-57-59-94(7,8)9)87-67(61-85-70(80)55-54-69(78)79)72(73)91-92(82,89-64-49-43-38-44-50-64)90-65-51-45-39-46-52-65/h38-39,43-46,49-52,63,66-67,71-73,75H,10-37,40-42,47-48,53-62H2,1-9H3,(H,76,77)(H,78,79)/t63?,66-,67-,71-,72-,73-,75-/m1/s1. The van der Waals surface area contributed by atoms with Gasteiger partial charge in [0.2, 0.25) is 5.91 Å². The summed E-state index contributed by atoms with van der Waals surface area (Å²) in [6.07, 6.45) is 30.1. The number of rotatable bonds is 60. The molecule has 540 valence electrons. The number of phosphoric ester groups is 1. The quantitative estimate of drug-likeness (QED) is 0.0208. The van der Waals surface area contributed by atoms with Crippen LogP contribution in [-0.4, -0.2) is 108 Å². The average molecular weight is 1380 g/mol. The van der Waals surface area contributed by atoms with E-state index in [0.29, 0.717) is 31.9 Å². The number of ether oxygens (including phenoxy) is 6. The summed E-state index contributed by atoms with van der Waals surface area (Å²) in [6, 6.07) is 17.2. The largest absolute Gasteiger partial charge is 0.588 e. The third-order valence-corrected chi connectivity index (χ3v) is 22.3. The molecule has 19 heteroatoms. The van der Waals surface area contributed by atoms with E-state index in [2.05, 4.69) is 65.4 Å². The number of nitrogens with one attached hydrogen (secondary N) is 1. The van der Waals surface area contributed by atoms with Gasteiger partial charge in [-0.15, -0.1) is 0 Å². The lowest BCUT2D eigenvalue weighted by Gasteiger charge is -2.46. The van der Waals surface area contributed by atoms with E-state index in [0.717, 1.165) is 83.1 Å². The van der Waals surface area contributed by atoms with E-state index in [4.69, 9.17) is 42.0 Å². The third-order valence-electron chi connectivity index (χ3n) is 17.6. The molecule has 94 heavy (non-hydrogen) atoms.